The van der Waals surface area contributed by atoms with Crippen LogP contribution in [-0.4, -0.2) is 0 Å². The van der Waals surface area contributed by atoms with Crippen molar-refractivity contribution in [3.63, 3.8) is 0 Å². The molecule has 1 aromatic carbocycles. The maximum atomic E-state index is 11.4. The van der Waals surface area contributed by atoms with E-state index in [1.165, 1.54) is 16.5 Å². The van der Waals surface area contributed by atoms with Gasteiger partial charge in [0.05, 0.1) is 0 Å². The van der Waals surface area contributed by atoms with Crippen LogP contribution in [0.4, 0.5) is 0 Å². The highest BCUT2D eigenvalue weighted by Crippen LogP contribution is 2.33. The van der Waals surface area contributed by atoms with Crippen LogP contribution in [0.25, 0.3) is 11.0 Å². The highest BCUT2D eigenvalue weighted by molar-refractivity contribution is 5.89. The van der Waals surface area contributed by atoms with Crippen molar-refractivity contribution < 1.29 is 4.42 Å². The molecule has 1 aliphatic rings. The van der Waals surface area contributed by atoms with Crippen LogP contribution in [0.3, 0.4) is 0 Å². The molecule has 1 heterocycles. The molecule has 2 heteroatoms. The summed E-state index contributed by atoms with van der Waals surface area (Å²) < 4.78 is 5.29. The number of hydrogen-bond donors (Lipinski definition) is 0. The van der Waals surface area contributed by atoms with Gasteiger partial charge in [0.15, 0.2) is 0 Å². The number of rotatable bonds is 0. The van der Waals surface area contributed by atoms with Gasteiger partial charge in [0.2, 0.25) is 0 Å². The Balaban J connectivity index is 2.62. The van der Waals surface area contributed by atoms with Gasteiger partial charge in [-0.15, -0.1) is 0 Å². The lowest BCUT2D eigenvalue weighted by molar-refractivity contribution is 0.557. The molecule has 0 unspecified atom stereocenters. The Morgan fingerprint density at radius 3 is 2.73 bits per heavy atom. The van der Waals surface area contributed by atoms with Gasteiger partial charge in [-0.05, 0) is 48.9 Å². The first kappa shape index (κ1) is 8.72. The molecule has 0 N–H and O–H groups in total. The van der Waals surface area contributed by atoms with Gasteiger partial charge in [0.25, 0.3) is 0 Å². The standard InChI is InChI=1S/C13H12O2/c1-7-5-8(2)13-12-9(3-4-10(7)12)6-11(14)15-13/h5-6H,3-4H2,1-2H3. The Kier molecular flexibility index (Phi) is 1.58. The Hall–Kier alpha value is -1.57. The Morgan fingerprint density at radius 2 is 1.93 bits per heavy atom. The summed E-state index contributed by atoms with van der Waals surface area (Å²) in [6.07, 6.45) is 2.01. The molecule has 0 bridgehead atoms. The molecule has 2 nitrogen and oxygen atoms in total. The van der Waals surface area contributed by atoms with Crippen LogP contribution >= 0.6 is 0 Å². The van der Waals surface area contributed by atoms with Crippen LogP contribution in [0.15, 0.2) is 21.3 Å². The van der Waals surface area contributed by atoms with Crippen molar-refractivity contribution in [2.45, 2.75) is 26.7 Å². The van der Waals surface area contributed by atoms with E-state index in [9.17, 15) is 4.79 Å². The third-order valence-corrected chi connectivity index (χ3v) is 3.26. The second kappa shape index (κ2) is 2.72. The summed E-state index contributed by atoms with van der Waals surface area (Å²) in [5, 5.41) is 1.19. The normalized spacial score (nSPS) is 13.7. The van der Waals surface area contributed by atoms with Crippen LogP contribution in [0.1, 0.15) is 22.3 Å². The van der Waals surface area contributed by atoms with Gasteiger partial charge in [-0.1, -0.05) is 6.07 Å². The minimum Gasteiger partial charge on any atom is -0.422 e. The first-order chi connectivity index (χ1) is 7.16. The monoisotopic (exact) mass is 200 g/mol. The lowest BCUT2D eigenvalue weighted by atomic mass is 10.0. The molecule has 0 radical (unpaired) electrons. The summed E-state index contributed by atoms with van der Waals surface area (Å²) in [4.78, 5) is 11.4. The fourth-order valence-corrected chi connectivity index (χ4v) is 2.60. The quantitative estimate of drug-likeness (QED) is 0.612. The van der Waals surface area contributed by atoms with Crippen molar-refractivity contribution in [1.82, 2.24) is 0 Å². The highest BCUT2D eigenvalue weighted by atomic mass is 16.4. The lowest BCUT2D eigenvalue weighted by Crippen LogP contribution is -1.99. The maximum Gasteiger partial charge on any atom is 0.336 e. The van der Waals surface area contributed by atoms with E-state index in [1.807, 2.05) is 6.92 Å². The topological polar surface area (TPSA) is 30.2 Å². The van der Waals surface area contributed by atoms with E-state index in [1.54, 1.807) is 6.07 Å². The Bertz CT molecular complexity index is 620. The second-order valence-electron chi connectivity index (χ2n) is 4.28. The van der Waals surface area contributed by atoms with Crippen molar-refractivity contribution in [3.05, 3.63) is 44.8 Å². The Labute approximate surface area is 87.5 Å². The molecule has 0 atom stereocenters. The first-order valence-corrected chi connectivity index (χ1v) is 5.22. The van der Waals surface area contributed by atoms with Crippen LogP contribution < -0.4 is 5.63 Å². The van der Waals surface area contributed by atoms with Crippen molar-refractivity contribution in [3.8, 4) is 0 Å². The van der Waals surface area contributed by atoms with Crippen molar-refractivity contribution in [1.29, 1.82) is 0 Å². The van der Waals surface area contributed by atoms with E-state index in [4.69, 9.17) is 4.42 Å². The average molecular weight is 200 g/mol. The van der Waals surface area contributed by atoms with Crippen molar-refractivity contribution >= 4 is 11.0 Å². The summed E-state index contributed by atoms with van der Waals surface area (Å²) in [6, 6.07) is 3.74. The van der Waals surface area contributed by atoms with Gasteiger partial charge >= 0.3 is 5.63 Å². The van der Waals surface area contributed by atoms with E-state index >= 15 is 0 Å². The molecule has 0 saturated heterocycles. The summed E-state index contributed by atoms with van der Waals surface area (Å²) >= 11 is 0. The van der Waals surface area contributed by atoms with E-state index in [0.717, 1.165) is 29.6 Å². The first-order valence-electron chi connectivity index (χ1n) is 5.22. The van der Waals surface area contributed by atoms with Gasteiger partial charge in [-0.25, -0.2) is 4.79 Å². The minimum atomic E-state index is -0.225. The lowest BCUT2D eigenvalue weighted by Gasteiger charge is -2.06. The summed E-state index contributed by atoms with van der Waals surface area (Å²) in [5.41, 5.74) is 5.45. The average Bonchev–Trinajstić information content (AvgIpc) is 2.58. The van der Waals surface area contributed by atoms with Crippen molar-refractivity contribution in [2.75, 3.05) is 0 Å². The molecular formula is C13H12O2. The van der Waals surface area contributed by atoms with E-state index in [2.05, 4.69) is 13.0 Å². The predicted molar refractivity (Wildman–Crippen MR) is 59.4 cm³/mol. The third kappa shape index (κ3) is 1.08. The molecule has 0 amide bonds. The molecular weight excluding hydrogens is 188 g/mol. The molecule has 0 fully saturated rings. The SMILES string of the molecule is Cc1cc(C)c2oc(=O)cc3c2c1CC3. The molecule has 0 spiro atoms. The number of hydrogen-bond acceptors (Lipinski definition) is 2. The molecule has 2 aromatic rings. The third-order valence-electron chi connectivity index (χ3n) is 3.26. The van der Waals surface area contributed by atoms with Gasteiger partial charge in [0.1, 0.15) is 5.58 Å². The summed E-state index contributed by atoms with van der Waals surface area (Å²) in [5.74, 6) is 0. The van der Waals surface area contributed by atoms with Crippen molar-refractivity contribution in [2.24, 2.45) is 0 Å². The van der Waals surface area contributed by atoms with Crippen LogP contribution in [0, 0.1) is 13.8 Å². The van der Waals surface area contributed by atoms with Crippen LogP contribution in [0.2, 0.25) is 0 Å². The zero-order valence-corrected chi connectivity index (χ0v) is 8.89. The molecule has 1 aromatic heterocycles. The summed E-state index contributed by atoms with van der Waals surface area (Å²) in [7, 11) is 0. The van der Waals surface area contributed by atoms with E-state index in [-0.39, 0.29) is 5.63 Å². The molecule has 3 rings (SSSR count). The van der Waals surface area contributed by atoms with Gasteiger partial charge in [-0.2, -0.15) is 0 Å². The van der Waals surface area contributed by atoms with E-state index in [0.29, 0.717) is 0 Å². The highest BCUT2D eigenvalue weighted by Gasteiger charge is 2.19. The van der Waals surface area contributed by atoms with Gasteiger partial charge in [-0.3, -0.25) is 0 Å². The molecule has 15 heavy (non-hydrogen) atoms. The fourth-order valence-electron chi connectivity index (χ4n) is 2.60. The number of aryl methyl sites for hydroxylation is 4. The maximum absolute atomic E-state index is 11.4. The summed E-state index contributed by atoms with van der Waals surface area (Å²) in [6.45, 7) is 4.12. The Morgan fingerprint density at radius 1 is 1.13 bits per heavy atom. The zero-order chi connectivity index (χ0) is 10.6. The molecule has 0 saturated carbocycles. The minimum absolute atomic E-state index is 0.225. The molecule has 76 valence electrons. The van der Waals surface area contributed by atoms with Crippen LogP contribution in [0.5, 0.6) is 0 Å². The largest absolute Gasteiger partial charge is 0.422 e. The second-order valence-corrected chi connectivity index (χ2v) is 4.28. The smallest absolute Gasteiger partial charge is 0.336 e. The zero-order valence-electron chi connectivity index (χ0n) is 8.89. The van der Waals surface area contributed by atoms with E-state index < -0.39 is 0 Å². The van der Waals surface area contributed by atoms with Crippen LogP contribution in [-0.2, 0) is 12.8 Å². The predicted octanol–water partition coefficient (Wildman–Crippen LogP) is 2.51. The molecule has 1 aliphatic carbocycles. The number of benzene rings is 1. The van der Waals surface area contributed by atoms with Gasteiger partial charge < -0.3 is 4.42 Å². The van der Waals surface area contributed by atoms with Gasteiger partial charge in [0, 0.05) is 11.5 Å². The fraction of sp³-hybridized carbons (Fsp3) is 0.308. The molecule has 0 aliphatic heterocycles.